The molecule has 0 saturated heterocycles. The minimum absolute atomic E-state index is 0.0635. The summed E-state index contributed by atoms with van der Waals surface area (Å²) in [4.78, 5) is 12.8. The summed E-state index contributed by atoms with van der Waals surface area (Å²) in [5.41, 5.74) is 2.75. The van der Waals surface area contributed by atoms with Crippen LogP contribution in [0.2, 0.25) is 0 Å². The number of esters is 1. The fourth-order valence-corrected chi connectivity index (χ4v) is 5.88. The second-order valence-corrected chi connectivity index (χ2v) is 8.62. The molecule has 1 aliphatic rings. The van der Waals surface area contributed by atoms with E-state index < -0.39 is 0 Å². The molecular formula is C14H18O3S2. The van der Waals surface area contributed by atoms with Crippen molar-refractivity contribution in [2.75, 3.05) is 12.9 Å². The molecule has 1 aromatic rings. The summed E-state index contributed by atoms with van der Waals surface area (Å²) in [5.74, 6) is 0.558. The molecule has 2 rings (SSSR count). The zero-order chi connectivity index (χ0) is 14.2. The lowest BCUT2D eigenvalue weighted by Crippen LogP contribution is -2.28. The summed E-state index contributed by atoms with van der Waals surface area (Å²) in [6.45, 7) is 6.31. The average Bonchev–Trinajstić information content (AvgIpc) is 2.39. The van der Waals surface area contributed by atoms with Crippen molar-refractivity contribution in [3.8, 4) is 0 Å². The molecule has 19 heavy (non-hydrogen) atoms. The second kappa shape index (κ2) is 5.21. The Hall–Kier alpha value is -0.940. The Morgan fingerprint density at radius 1 is 1.42 bits per heavy atom. The smallest absolute Gasteiger partial charge is 0.338 e. The molecular weight excluding hydrogens is 280 g/mol. The Kier molecular flexibility index (Phi) is 3.97. The molecule has 1 unspecified atom stereocenters. The van der Waals surface area contributed by atoms with Crippen molar-refractivity contribution in [2.45, 2.75) is 37.5 Å². The van der Waals surface area contributed by atoms with Crippen LogP contribution in [-0.4, -0.2) is 23.0 Å². The number of fused-ring (bicyclic) bond motifs is 1. The monoisotopic (exact) mass is 298 g/mol. The zero-order valence-electron chi connectivity index (χ0n) is 11.6. The van der Waals surface area contributed by atoms with Gasteiger partial charge in [0.15, 0.2) is 0 Å². The number of hydrogen-bond donors (Lipinski definition) is 0. The van der Waals surface area contributed by atoms with Gasteiger partial charge in [0, 0.05) is 10.6 Å². The van der Waals surface area contributed by atoms with E-state index in [0.717, 1.165) is 22.6 Å². The van der Waals surface area contributed by atoms with E-state index in [0.29, 0.717) is 15.8 Å². The van der Waals surface area contributed by atoms with Gasteiger partial charge in [-0.05, 0) is 36.0 Å². The van der Waals surface area contributed by atoms with Crippen LogP contribution < -0.4 is 0 Å². The van der Waals surface area contributed by atoms with Crippen molar-refractivity contribution in [3.63, 3.8) is 0 Å². The number of rotatable bonds is 1. The van der Waals surface area contributed by atoms with Crippen molar-refractivity contribution >= 4 is 25.6 Å². The van der Waals surface area contributed by atoms with Gasteiger partial charge in [-0.3, -0.25) is 0 Å². The van der Waals surface area contributed by atoms with E-state index in [4.69, 9.17) is 4.74 Å². The highest BCUT2D eigenvalue weighted by atomic mass is 32.8. The molecule has 0 N–H and O–H groups in total. The van der Waals surface area contributed by atoms with Crippen molar-refractivity contribution in [3.05, 3.63) is 28.8 Å². The summed E-state index contributed by atoms with van der Waals surface area (Å²) in [5, 5.41) is 0. The SMILES string of the molecule is COC(=O)c1ccc2c(c1C)S(=S=O)CCC2(C)C. The highest BCUT2D eigenvalue weighted by molar-refractivity contribution is 8.31. The lowest BCUT2D eigenvalue weighted by molar-refractivity contribution is 0.0599. The normalized spacial score (nSPS) is 20.5. The number of hydrogen-bond acceptors (Lipinski definition) is 3. The van der Waals surface area contributed by atoms with Gasteiger partial charge in [-0.15, -0.1) is 0 Å². The number of carbonyl (C=O) groups is 1. The van der Waals surface area contributed by atoms with E-state index in [2.05, 4.69) is 13.8 Å². The van der Waals surface area contributed by atoms with E-state index in [-0.39, 0.29) is 20.8 Å². The molecule has 5 heteroatoms. The van der Waals surface area contributed by atoms with Crippen molar-refractivity contribution < 1.29 is 13.7 Å². The van der Waals surface area contributed by atoms with Crippen molar-refractivity contribution in [2.24, 2.45) is 0 Å². The highest BCUT2D eigenvalue weighted by Gasteiger charge is 2.32. The first-order valence-electron chi connectivity index (χ1n) is 6.16. The van der Waals surface area contributed by atoms with Gasteiger partial charge in [-0.1, -0.05) is 29.4 Å². The van der Waals surface area contributed by atoms with Crippen LogP contribution in [0.15, 0.2) is 17.0 Å². The largest absolute Gasteiger partial charge is 0.465 e. The van der Waals surface area contributed by atoms with Gasteiger partial charge in [0.2, 0.25) is 0 Å². The molecule has 0 saturated carbocycles. The topological polar surface area (TPSA) is 43.4 Å². The van der Waals surface area contributed by atoms with E-state index in [1.165, 1.54) is 12.7 Å². The lowest BCUT2D eigenvalue weighted by atomic mass is 9.80. The molecule has 0 aliphatic carbocycles. The molecule has 3 nitrogen and oxygen atoms in total. The fourth-order valence-electron chi connectivity index (χ4n) is 2.50. The van der Waals surface area contributed by atoms with Crippen LogP contribution in [0.3, 0.4) is 0 Å². The Bertz CT molecular complexity index is 599. The Morgan fingerprint density at radius 2 is 2.11 bits per heavy atom. The summed E-state index contributed by atoms with van der Waals surface area (Å²) in [6, 6.07) is 3.81. The van der Waals surface area contributed by atoms with E-state index in [9.17, 15) is 9.00 Å². The van der Waals surface area contributed by atoms with Crippen LogP contribution >= 0.6 is 0 Å². The third-order valence-corrected chi connectivity index (χ3v) is 6.98. The van der Waals surface area contributed by atoms with Gasteiger partial charge in [0.05, 0.1) is 12.7 Å². The van der Waals surface area contributed by atoms with Gasteiger partial charge in [0.1, 0.15) is 10.2 Å². The van der Waals surface area contributed by atoms with Crippen LogP contribution in [0, 0.1) is 6.92 Å². The predicted octanol–water partition coefficient (Wildman–Crippen LogP) is 2.57. The van der Waals surface area contributed by atoms with E-state index >= 15 is 0 Å². The van der Waals surface area contributed by atoms with E-state index in [1.54, 1.807) is 0 Å². The minimum atomic E-state index is -0.360. The molecule has 0 radical (unpaired) electrons. The second-order valence-electron chi connectivity index (χ2n) is 5.36. The van der Waals surface area contributed by atoms with Gasteiger partial charge in [-0.2, -0.15) is 0 Å². The molecule has 1 heterocycles. The van der Waals surface area contributed by atoms with Crippen molar-refractivity contribution in [1.82, 2.24) is 0 Å². The predicted molar refractivity (Wildman–Crippen MR) is 78.8 cm³/mol. The first-order chi connectivity index (χ1) is 8.92. The molecule has 1 atom stereocenters. The number of carbonyl (C=O) groups excluding carboxylic acids is 1. The van der Waals surface area contributed by atoms with Gasteiger partial charge < -0.3 is 4.74 Å². The first-order valence-corrected chi connectivity index (χ1v) is 8.81. The quantitative estimate of drug-likeness (QED) is 0.748. The maximum Gasteiger partial charge on any atom is 0.338 e. The van der Waals surface area contributed by atoms with E-state index in [1.807, 2.05) is 19.1 Å². The first kappa shape index (κ1) is 14.5. The Morgan fingerprint density at radius 3 is 2.68 bits per heavy atom. The lowest BCUT2D eigenvalue weighted by Gasteiger charge is -2.34. The van der Waals surface area contributed by atoms with Gasteiger partial charge >= 0.3 is 5.97 Å². The van der Waals surface area contributed by atoms with Crippen LogP contribution in [0.25, 0.3) is 0 Å². The highest BCUT2D eigenvalue weighted by Crippen LogP contribution is 2.39. The maximum atomic E-state index is 11.8. The third-order valence-electron chi connectivity index (χ3n) is 3.76. The maximum absolute atomic E-state index is 11.8. The summed E-state index contributed by atoms with van der Waals surface area (Å²) < 4.78 is 16.2. The molecule has 1 aliphatic heterocycles. The third kappa shape index (κ3) is 2.41. The molecule has 104 valence electrons. The fraction of sp³-hybridized carbons (Fsp3) is 0.500. The Labute approximate surface area is 119 Å². The molecule has 0 bridgehead atoms. The molecule has 0 aromatic heterocycles. The molecule has 0 fully saturated rings. The summed E-state index contributed by atoms with van der Waals surface area (Å²) in [7, 11) is 1.68. The van der Waals surface area contributed by atoms with Crippen LogP contribution in [0.1, 0.15) is 41.8 Å². The molecule has 0 amide bonds. The molecule has 1 aromatic carbocycles. The number of methoxy groups -OCH3 is 1. The zero-order valence-corrected chi connectivity index (χ0v) is 13.2. The minimum Gasteiger partial charge on any atom is -0.465 e. The number of ether oxygens (including phenoxy) is 1. The molecule has 0 spiro atoms. The van der Waals surface area contributed by atoms with Crippen LogP contribution in [0.5, 0.6) is 0 Å². The summed E-state index contributed by atoms with van der Waals surface area (Å²) in [6.07, 6.45) is 1.01. The average molecular weight is 298 g/mol. The van der Waals surface area contributed by atoms with Gasteiger partial charge in [-0.25, -0.2) is 9.00 Å². The van der Waals surface area contributed by atoms with Crippen LogP contribution in [-0.2, 0) is 29.8 Å². The van der Waals surface area contributed by atoms with Gasteiger partial charge in [0.25, 0.3) is 0 Å². The van der Waals surface area contributed by atoms with Crippen molar-refractivity contribution in [1.29, 1.82) is 0 Å². The Balaban J connectivity index is 2.75. The summed E-state index contributed by atoms with van der Waals surface area (Å²) >= 11 is 0. The number of benzene rings is 1. The standard InChI is InChI=1S/C14H18O3S2/c1-9-10(13(15)17-4)5-6-11-12(9)19(18-16)8-7-14(11,2)3/h5-6H,7-8H2,1-4H3. The van der Waals surface area contributed by atoms with Crippen LogP contribution in [0.4, 0.5) is 0 Å².